The molecule has 6 nitrogen and oxygen atoms in total. The normalized spacial score (nSPS) is 10.3. The van der Waals surface area contributed by atoms with E-state index in [0.29, 0.717) is 13.2 Å². The van der Waals surface area contributed by atoms with Gasteiger partial charge in [-0.05, 0) is 35.4 Å². The Bertz CT molecular complexity index is 875. The zero-order valence-corrected chi connectivity index (χ0v) is 15.4. The molecule has 28 heavy (non-hydrogen) atoms. The van der Waals surface area contributed by atoms with Gasteiger partial charge in [-0.2, -0.15) is 0 Å². The minimum Gasteiger partial charge on any atom is -0.489 e. The summed E-state index contributed by atoms with van der Waals surface area (Å²) in [7, 11) is 0. The Morgan fingerprint density at radius 2 is 1.64 bits per heavy atom. The second-order valence-electron chi connectivity index (χ2n) is 6.18. The van der Waals surface area contributed by atoms with Gasteiger partial charge in [0.2, 0.25) is 5.91 Å². The number of hydrogen-bond acceptors (Lipinski definition) is 4. The Kier molecular flexibility index (Phi) is 6.84. The molecule has 0 aliphatic rings. The predicted octanol–water partition coefficient (Wildman–Crippen LogP) is 3.29. The molecule has 1 aromatic heterocycles. The summed E-state index contributed by atoms with van der Waals surface area (Å²) < 4.78 is 10.7. The van der Waals surface area contributed by atoms with Crippen molar-refractivity contribution in [1.82, 2.24) is 10.6 Å². The van der Waals surface area contributed by atoms with Gasteiger partial charge in [0.15, 0.2) is 5.76 Å². The molecule has 6 heteroatoms. The van der Waals surface area contributed by atoms with Crippen molar-refractivity contribution >= 4 is 11.8 Å². The lowest BCUT2D eigenvalue weighted by Crippen LogP contribution is -2.30. The molecular formula is C22H22N2O4. The molecule has 0 fully saturated rings. The van der Waals surface area contributed by atoms with E-state index >= 15 is 0 Å². The fourth-order valence-electron chi connectivity index (χ4n) is 2.52. The lowest BCUT2D eigenvalue weighted by Gasteiger charge is -2.09. The Morgan fingerprint density at radius 3 is 2.36 bits per heavy atom. The number of carbonyl (C=O) groups is 2. The monoisotopic (exact) mass is 378 g/mol. The molecule has 0 radical (unpaired) electrons. The van der Waals surface area contributed by atoms with Gasteiger partial charge in [-0.3, -0.25) is 9.59 Å². The van der Waals surface area contributed by atoms with Gasteiger partial charge in [-0.1, -0.05) is 42.5 Å². The molecular weight excluding hydrogens is 356 g/mol. The molecule has 0 saturated heterocycles. The molecule has 0 unspecified atom stereocenters. The number of rotatable bonds is 9. The van der Waals surface area contributed by atoms with E-state index in [9.17, 15) is 9.59 Å². The third kappa shape index (κ3) is 6.02. The summed E-state index contributed by atoms with van der Waals surface area (Å²) in [6.07, 6.45) is 1.63. The Hall–Kier alpha value is -3.54. The fourth-order valence-corrected chi connectivity index (χ4v) is 2.52. The van der Waals surface area contributed by atoms with E-state index < -0.39 is 0 Å². The Balaban J connectivity index is 1.35. The van der Waals surface area contributed by atoms with Crippen LogP contribution in [-0.4, -0.2) is 18.4 Å². The van der Waals surface area contributed by atoms with E-state index in [0.717, 1.165) is 16.9 Å². The van der Waals surface area contributed by atoms with Crippen LogP contribution in [0.3, 0.4) is 0 Å². The second kappa shape index (κ2) is 9.97. The summed E-state index contributed by atoms with van der Waals surface area (Å²) in [6.45, 7) is 1.18. The fraction of sp³-hybridized carbons (Fsp3) is 0.182. The summed E-state index contributed by atoms with van der Waals surface area (Å²) in [5.41, 5.74) is 2.08. The van der Waals surface area contributed by atoms with E-state index in [1.165, 1.54) is 6.26 Å². The van der Waals surface area contributed by atoms with Gasteiger partial charge in [-0.25, -0.2) is 0 Å². The molecule has 3 aromatic rings. The zero-order chi connectivity index (χ0) is 19.6. The number of furan rings is 1. The Labute approximate surface area is 163 Å². The lowest BCUT2D eigenvalue weighted by atomic mass is 10.2. The molecule has 0 aliphatic carbocycles. The van der Waals surface area contributed by atoms with Crippen LogP contribution in [0.4, 0.5) is 0 Å². The van der Waals surface area contributed by atoms with Crippen LogP contribution >= 0.6 is 0 Å². The maximum Gasteiger partial charge on any atom is 0.286 e. The van der Waals surface area contributed by atoms with E-state index in [2.05, 4.69) is 10.6 Å². The third-order valence-electron chi connectivity index (χ3n) is 4.04. The highest BCUT2D eigenvalue weighted by Crippen LogP contribution is 2.14. The van der Waals surface area contributed by atoms with Crippen LogP contribution in [0, 0.1) is 0 Å². The second-order valence-corrected chi connectivity index (χ2v) is 6.18. The van der Waals surface area contributed by atoms with Crippen molar-refractivity contribution < 1.29 is 18.7 Å². The molecule has 0 spiro atoms. The summed E-state index contributed by atoms with van der Waals surface area (Å²) in [4.78, 5) is 23.6. The summed E-state index contributed by atoms with van der Waals surface area (Å²) in [5, 5.41) is 5.47. The minimum absolute atomic E-state index is 0.135. The van der Waals surface area contributed by atoms with Crippen LogP contribution in [-0.2, 0) is 17.9 Å². The average Bonchev–Trinajstić information content (AvgIpc) is 3.27. The number of nitrogens with one attached hydrogen (secondary N) is 2. The quantitative estimate of drug-likeness (QED) is 0.599. The van der Waals surface area contributed by atoms with Crippen molar-refractivity contribution in [2.75, 3.05) is 6.54 Å². The van der Waals surface area contributed by atoms with E-state index in [4.69, 9.17) is 9.15 Å². The molecule has 1 heterocycles. The third-order valence-corrected chi connectivity index (χ3v) is 4.04. The van der Waals surface area contributed by atoms with Gasteiger partial charge in [0.1, 0.15) is 12.4 Å². The number of carbonyl (C=O) groups excluding carboxylic acids is 2. The van der Waals surface area contributed by atoms with Crippen LogP contribution in [0.2, 0.25) is 0 Å². The topological polar surface area (TPSA) is 80.6 Å². The lowest BCUT2D eigenvalue weighted by molar-refractivity contribution is -0.121. The van der Waals surface area contributed by atoms with Gasteiger partial charge >= 0.3 is 0 Å². The standard InChI is InChI=1S/C22H22N2O4/c25-21(12-13-23-22(26)20-7-4-14-27-20)24-15-17-8-10-19(11-9-17)28-16-18-5-2-1-3-6-18/h1-11,14H,12-13,15-16H2,(H,23,26)(H,24,25). The maximum absolute atomic E-state index is 11.9. The Morgan fingerprint density at radius 1 is 0.857 bits per heavy atom. The summed E-state index contributed by atoms with van der Waals surface area (Å²) >= 11 is 0. The van der Waals surface area contributed by atoms with Crippen molar-refractivity contribution in [2.24, 2.45) is 0 Å². The molecule has 144 valence electrons. The van der Waals surface area contributed by atoms with Crippen LogP contribution in [0.25, 0.3) is 0 Å². The predicted molar refractivity (Wildman–Crippen MR) is 105 cm³/mol. The van der Waals surface area contributed by atoms with E-state index in [1.54, 1.807) is 12.1 Å². The highest BCUT2D eigenvalue weighted by molar-refractivity contribution is 5.91. The van der Waals surface area contributed by atoms with E-state index in [-0.39, 0.29) is 30.5 Å². The molecule has 0 atom stereocenters. The number of amides is 2. The van der Waals surface area contributed by atoms with Gasteiger partial charge in [0.05, 0.1) is 6.26 Å². The SMILES string of the molecule is O=C(CCNC(=O)c1ccco1)NCc1ccc(OCc2ccccc2)cc1. The van der Waals surface area contributed by atoms with Crippen molar-refractivity contribution in [2.45, 2.75) is 19.6 Å². The number of hydrogen-bond donors (Lipinski definition) is 2. The molecule has 2 N–H and O–H groups in total. The van der Waals surface area contributed by atoms with Crippen molar-refractivity contribution in [3.63, 3.8) is 0 Å². The first-order valence-corrected chi connectivity index (χ1v) is 9.05. The van der Waals surface area contributed by atoms with Gasteiger partial charge in [0, 0.05) is 19.5 Å². The highest BCUT2D eigenvalue weighted by atomic mass is 16.5. The maximum atomic E-state index is 11.9. The first-order valence-electron chi connectivity index (χ1n) is 9.05. The van der Waals surface area contributed by atoms with E-state index in [1.807, 2.05) is 54.6 Å². The van der Waals surface area contributed by atoms with Crippen molar-refractivity contribution in [3.05, 3.63) is 89.9 Å². The van der Waals surface area contributed by atoms with Crippen molar-refractivity contribution in [1.29, 1.82) is 0 Å². The van der Waals surface area contributed by atoms with Crippen LogP contribution in [0.15, 0.2) is 77.4 Å². The minimum atomic E-state index is -0.330. The highest BCUT2D eigenvalue weighted by Gasteiger charge is 2.08. The smallest absolute Gasteiger partial charge is 0.286 e. The van der Waals surface area contributed by atoms with Gasteiger partial charge < -0.3 is 19.8 Å². The summed E-state index contributed by atoms with van der Waals surface area (Å²) in [5.74, 6) is 0.544. The largest absolute Gasteiger partial charge is 0.489 e. The van der Waals surface area contributed by atoms with Gasteiger partial charge in [0.25, 0.3) is 5.91 Å². The number of benzene rings is 2. The molecule has 2 amide bonds. The van der Waals surface area contributed by atoms with Crippen LogP contribution < -0.4 is 15.4 Å². The first-order chi connectivity index (χ1) is 13.7. The first kappa shape index (κ1) is 19.2. The van der Waals surface area contributed by atoms with Crippen molar-refractivity contribution in [3.8, 4) is 5.75 Å². The van der Waals surface area contributed by atoms with Crippen LogP contribution in [0.1, 0.15) is 28.1 Å². The molecule has 0 bridgehead atoms. The number of ether oxygens (including phenoxy) is 1. The zero-order valence-electron chi connectivity index (χ0n) is 15.4. The molecule has 0 saturated carbocycles. The van der Waals surface area contributed by atoms with Gasteiger partial charge in [-0.15, -0.1) is 0 Å². The average molecular weight is 378 g/mol. The molecule has 0 aliphatic heterocycles. The van der Waals surface area contributed by atoms with Crippen LogP contribution in [0.5, 0.6) is 5.75 Å². The summed E-state index contributed by atoms with van der Waals surface area (Å²) in [6, 6.07) is 20.8. The molecule has 2 aromatic carbocycles. The molecule has 3 rings (SSSR count).